The molecule has 1 aromatic heterocycles. The summed E-state index contributed by atoms with van der Waals surface area (Å²) in [7, 11) is 0. The Hall–Kier alpha value is -3.26. The number of thiophene rings is 1. The summed E-state index contributed by atoms with van der Waals surface area (Å²) < 4.78 is 28.3. The van der Waals surface area contributed by atoms with Gasteiger partial charge >= 0.3 is 0 Å². The molecule has 2 heterocycles. The van der Waals surface area contributed by atoms with Gasteiger partial charge in [0.15, 0.2) is 0 Å². The van der Waals surface area contributed by atoms with E-state index in [-0.39, 0.29) is 0 Å². The van der Waals surface area contributed by atoms with Crippen LogP contribution >= 0.6 is 11.3 Å². The number of anilines is 2. The highest BCUT2D eigenvalue weighted by Crippen LogP contribution is 2.22. The van der Waals surface area contributed by atoms with Gasteiger partial charge < -0.3 is 16.0 Å². The number of hydrogen-bond acceptors (Lipinski definition) is 5. The number of fused-ring (bicyclic) bond motifs is 1. The Labute approximate surface area is 157 Å². The summed E-state index contributed by atoms with van der Waals surface area (Å²) >= 11 is 1.53. The molecule has 0 aliphatic carbocycles. The van der Waals surface area contributed by atoms with Crippen LogP contribution in [0, 0.1) is 11.6 Å². The van der Waals surface area contributed by atoms with Crippen molar-refractivity contribution in [3.05, 3.63) is 81.0 Å². The Morgan fingerprint density at radius 1 is 1.11 bits per heavy atom. The first kappa shape index (κ1) is 17.2. The molecular weight excluding hydrogens is 370 g/mol. The molecule has 5 nitrogen and oxygen atoms in total. The van der Waals surface area contributed by atoms with Crippen LogP contribution in [0.25, 0.3) is 5.82 Å². The number of nitrogens with zero attached hydrogens (tertiary/aromatic N) is 2. The Kier molecular flexibility index (Phi) is 4.33. The van der Waals surface area contributed by atoms with Crippen molar-refractivity contribution in [2.45, 2.75) is 0 Å². The van der Waals surface area contributed by atoms with Gasteiger partial charge in [-0.2, -0.15) is 0 Å². The van der Waals surface area contributed by atoms with Gasteiger partial charge in [-0.15, -0.1) is 11.3 Å². The van der Waals surface area contributed by atoms with Crippen molar-refractivity contribution >= 4 is 34.4 Å². The maximum Gasteiger partial charge on any atom is 0.261 e. The number of nitrogens with two attached hydrogens (primary N) is 1. The molecule has 0 radical (unpaired) electrons. The number of halogens is 2. The number of benzene rings is 2. The third kappa shape index (κ3) is 3.15. The predicted octanol–water partition coefficient (Wildman–Crippen LogP) is 2.40. The second-order valence-electron chi connectivity index (χ2n) is 5.85. The molecule has 0 fully saturated rings. The monoisotopic (exact) mass is 384 g/mol. The van der Waals surface area contributed by atoms with Crippen LogP contribution < -0.4 is 25.8 Å². The van der Waals surface area contributed by atoms with E-state index in [0.29, 0.717) is 18.2 Å². The molecular formula is C19H14F2N4OS. The lowest BCUT2D eigenvalue weighted by Gasteiger charge is -2.24. The molecule has 4 rings (SSSR count). The van der Waals surface area contributed by atoms with Crippen LogP contribution in [0.3, 0.4) is 0 Å². The summed E-state index contributed by atoms with van der Waals surface area (Å²) in [6, 6.07) is 12.0. The fraction of sp³-hybridized carbons (Fsp3) is 0.0526. The first-order valence-corrected chi connectivity index (χ1v) is 8.93. The normalized spacial score (nSPS) is 13.1. The van der Waals surface area contributed by atoms with E-state index >= 15 is 0 Å². The van der Waals surface area contributed by atoms with E-state index in [1.165, 1.54) is 17.4 Å². The zero-order valence-corrected chi connectivity index (χ0v) is 14.8. The molecule has 0 saturated carbocycles. The molecule has 0 spiro atoms. The third-order valence-corrected chi connectivity index (χ3v) is 5.04. The van der Waals surface area contributed by atoms with Crippen molar-refractivity contribution < 1.29 is 13.6 Å². The number of hydrogen-bond donors (Lipinski definition) is 2. The second kappa shape index (κ2) is 6.81. The summed E-state index contributed by atoms with van der Waals surface area (Å²) in [6.45, 7) is 0.394. The fourth-order valence-corrected chi connectivity index (χ4v) is 3.59. The number of amides is 1. The quantitative estimate of drug-likeness (QED) is 0.729. The predicted molar refractivity (Wildman–Crippen MR) is 101 cm³/mol. The maximum absolute atomic E-state index is 13.7. The van der Waals surface area contributed by atoms with E-state index in [2.05, 4.69) is 10.3 Å². The van der Waals surface area contributed by atoms with Crippen molar-refractivity contribution in [3.63, 3.8) is 0 Å². The lowest BCUT2D eigenvalue weighted by atomic mass is 10.1. The molecule has 1 amide bonds. The average Bonchev–Trinajstić information content (AvgIpc) is 3.12. The molecule has 2 aromatic carbocycles. The van der Waals surface area contributed by atoms with Crippen LogP contribution in [0.1, 0.15) is 10.4 Å². The van der Waals surface area contributed by atoms with Crippen LogP contribution in [0.5, 0.6) is 0 Å². The molecule has 27 heavy (non-hydrogen) atoms. The highest BCUT2D eigenvalue weighted by Gasteiger charge is 2.18. The summed E-state index contributed by atoms with van der Waals surface area (Å²) in [5.74, 6) is -2.06. The first-order chi connectivity index (χ1) is 13.0. The van der Waals surface area contributed by atoms with E-state index in [9.17, 15) is 13.6 Å². The van der Waals surface area contributed by atoms with Gasteiger partial charge in [0.2, 0.25) is 0 Å². The molecule has 3 N–H and O–H groups in total. The molecule has 1 aliphatic rings. The third-order valence-electron chi connectivity index (χ3n) is 4.19. The number of rotatable bonds is 3. The number of nitrogens with one attached hydrogen (secondary N) is 1. The van der Waals surface area contributed by atoms with Gasteiger partial charge in [0, 0.05) is 11.4 Å². The Bertz CT molecular complexity index is 1120. The van der Waals surface area contributed by atoms with Crippen molar-refractivity contribution in [1.29, 1.82) is 0 Å². The first-order valence-electron chi connectivity index (χ1n) is 8.05. The SMILES string of the molecule is NC1=c2ccsc2=NCN1c1ccc(NC(=O)c2c(F)cccc2F)cc1. The van der Waals surface area contributed by atoms with Crippen molar-refractivity contribution in [2.24, 2.45) is 10.7 Å². The fourth-order valence-electron chi connectivity index (χ4n) is 2.83. The minimum absolute atomic E-state index is 0.394. The van der Waals surface area contributed by atoms with E-state index in [0.717, 1.165) is 27.7 Å². The maximum atomic E-state index is 13.7. The lowest BCUT2D eigenvalue weighted by molar-refractivity contribution is 0.101. The summed E-state index contributed by atoms with van der Waals surface area (Å²) in [5.41, 5.74) is 6.83. The highest BCUT2D eigenvalue weighted by molar-refractivity contribution is 7.07. The zero-order valence-electron chi connectivity index (χ0n) is 13.9. The summed E-state index contributed by atoms with van der Waals surface area (Å²) in [5, 5.41) is 5.32. The average molecular weight is 384 g/mol. The Balaban J connectivity index is 1.56. The molecule has 1 aliphatic heterocycles. The molecule has 0 atom stereocenters. The lowest BCUT2D eigenvalue weighted by Crippen LogP contribution is -2.41. The molecule has 0 saturated heterocycles. The van der Waals surface area contributed by atoms with Crippen LogP contribution in [-0.2, 0) is 0 Å². The van der Waals surface area contributed by atoms with Gasteiger partial charge in [-0.3, -0.25) is 9.79 Å². The minimum Gasteiger partial charge on any atom is -0.384 e. The standard InChI is InChI=1S/C19H14F2N4OS/c20-14-2-1-3-15(21)16(14)18(26)24-11-4-6-12(7-5-11)25-10-23-19-13(17(25)22)8-9-27-19/h1-9H,10,22H2,(H,24,26). The second-order valence-corrected chi connectivity index (χ2v) is 6.74. The van der Waals surface area contributed by atoms with Gasteiger partial charge in [-0.1, -0.05) is 6.07 Å². The summed E-state index contributed by atoms with van der Waals surface area (Å²) in [6.07, 6.45) is 0. The molecule has 0 bridgehead atoms. The van der Waals surface area contributed by atoms with E-state index < -0.39 is 23.1 Å². The smallest absolute Gasteiger partial charge is 0.261 e. The Morgan fingerprint density at radius 3 is 2.52 bits per heavy atom. The zero-order chi connectivity index (χ0) is 19.0. The topological polar surface area (TPSA) is 70.7 Å². The van der Waals surface area contributed by atoms with Crippen LogP contribution in [0.15, 0.2) is 58.9 Å². The van der Waals surface area contributed by atoms with Crippen molar-refractivity contribution in [2.75, 3.05) is 16.9 Å². The number of carbonyl (C=O) groups excluding carboxylic acids is 1. The van der Waals surface area contributed by atoms with Crippen molar-refractivity contribution in [3.8, 4) is 0 Å². The van der Waals surface area contributed by atoms with Gasteiger partial charge in [0.05, 0.1) is 5.22 Å². The van der Waals surface area contributed by atoms with Gasteiger partial charge in [0.25, 0.3) is 5.91 Å². The Morgan fingerprint density at radius 2 is 1.81 bits per heavy atom. The van der Waals surface area contributed by atoms with E-state index in [1.807, 2.05) is 16.3 Å². The molecule has 8 heteroatoms. The molecule has 136 valence electrons. The minimum atomic E-state index is -0.909. The van der Waals surface area contributed by atoms with Gasteiger partial charge in [-0.05, 0) is 47.8 Å². The van der Waals surface area contributed by atoms with Crippen LogP contribution in [0.4, 0.5) is 20.2 Å². The van der Waals surface area contributed by atoms with Crippen LogP contribution in [-0.4, -0.2) is 12.6 Å². The van der Waals surface area contributed by atoms with Gasteiger partial charge in [0.1, 0.15) is 34.4 Å². The van der Waals surface area contributed by atoms with Crippen LogP contribution in [0.2, 0.25) is 0 Å². The van der Waals surface area contributed by atoms with Gasteiger partial charge in [-0.25, -0.2) is 8.78 Å². The largest absolute Gasteiger partial charge is 0.384 e. The number of carbonyl (C=O) groups is 1. The van der Waals surface area contributed by atoms with E-state index in [4.69, 9.17) is 5.73 Å². The highest BCUT2D eigenvalue weighted by atomic mass is 32.1. The van der Waals surface area contributed by atoms with E-state index in [1.54, 1.807) is 24.3 Å². The summed E-state index contributed by atoms with van der Waals surface area (Å²) in [4.78, 5) is 18.5. The molecule has 3 aromatic rings. The molecule has 0 unspecified atom stereocenters. The van der Waals surface area contributed by atoms with Crippen molar-refractivity contribution in [1.82, 2.24) is 0 Å².